The number of ether oxygens (including phenoxy) is 1. The number of hydrogen-bond donors (Lipinski definition) is 0. The Balaban J connectivity index is 2.18. The lowest BCUT2D eigenvalue weighted by atomic mass is 10.3. The summed E-state index contributed by atoms with van der Waals surface area (Å²) >= 11 is 2.62. The summed E-state index contributed by atoms with van der Waals surface area (Å²) in [5, 5.41) is 8.90. The van der Waals surface area contributed by atoms with Crippen LogP contribution in [0.3, 0.4) is 0 Å². The standard InChI is InChI=1S/C10H11NO4S3/c1-2-15-9(12)6(3-11)10-16-7-4-18(13,14)5-8(7)17-10/h7-8H,2,4-5H2,1H3/t7-,8-/m0/s1. The normalized spacial score (nSPS) is 28.6. The lowest BCUT2D eigenvalue weighted by Gasteiger charge is -2.03. The molecule has 0 radical (unpaired) electrons. The number of nitriles is 1. The second kappa shape index (κ2) is 5.15. The van der Waals surface area contributed by atoms with E-state index in [1.807, 2.05) is 6.07 Å². The van der Waals surface area contributed by atoms with Crippen molar-refractivity contribution in [2.75, 3.05) is 18.1 Å². The van der Waals surface area contributed by atoms with E-state index in [4.69, 9.17) is 10.00 Å². The number of fused-ring (bicyclic) bond motifs is 1. The van der Waals surface area contributed by atoms with Crippen molar-refractivity contribution in [3.8, 4) is 6.07 Å². The average molecular weight is 305 g/mol. The molecule has 8 heteroatoms. The highest BCUT2D eigenvalue weighted by Crippen LogP contribution is 2.52. The second-order valence-corrected chi connectivity index (χ2v) is 8.80. The summed E-state index contributed by atoms with van der Waals surface area (Å²) in [7, 11) is -2.96. The van der Waals surface area contributed by atoms with E-state index >= 15 is 0 Å². The van der Waals surface area contributed by atoms with Gasteiger partial charge in [-0.25, -0.2) is 13.2 Å². The lowest BCUT2D eigenvalue weighted by molar-refractivity contribution is -0.138. The number of carbonyl (C=O) groups is 1. The first-order chi connectivity index (χ1) is 8.46. The molecular formula is C10H11NO4S3. The van der Waals surface area contributed by atoms with Gasteiger partial charge in [0, 0.05) is 10.5 Å². The maximum atomic E-state index is 11.6. The molecule has 2 fully saturated rings. The third-order valence-corrected chi connectivity index (χ3v) is 7.90. The summed E-state index contributed by atoms with van der Waals surface area (Å²) in [5.41, 5.74) is -0.00125. The highest BCUT2D eigenvalue weighted by atomic mass is 32.2. The first-order valence-electron chi connectivity index (χ1n) is 5.32. The molecule has 0 amide bonds. The van der Waals surface area contributed by atoms with Crippen molar-refractivity contribution in [2.24, 2.45) is 0 Å². The molecule has 0 N–H and O–H groups in total. The van der Waals surface area contributed by atoms with Crippen LogP contribution in [0.4, 0.5) is 0 Å². The van der Waals surface area contributed by atoms with Crippen molar-refractivity contribution >= 4 is 39.3 Å². The van der Waals surface area contributed by atoms with Gasteiger partial charge in [0.1, 0.15) is 6.07 Å². The summed E-state index contributed by atoms with van der Waals surface area (Å²) in [6.45, 7) is 1.89. The highest BCUT2D eigenvalue weighted by molar-refractivity contribution is 8.26. The second-order valence-electron chi connectivity index (χ2n) is 3.88. The van der Waals surface area contributed by atoms with E-state index in [9.17, 15) is 13.2 Å². The predicted octanol–water partition coefficient (Wildman–Crippen LogP) is 0.930. The Bertz CT molecular complexity index is 524. The molecule has 0 saturated carbocycles. The molecule has 2 atom stereocenters. The molecule has 2 rings (SSSR count). The van der Waals surface area contributed by atoms with E-state index < -0.39 is 15.8 Å². The fourth-order valence-electron chi connectivity index (χ4n) is 1.80. The summed E-state index contributed by atoms with van der Waals surface area (Å²) in [5.74, 6) is -0.376. The van der Waals surface area contributed by atoms with E-state index in [1.165, 1.54) is 23.5 Å². The van der Waals surface area contributed by atoms with E-state index in [-0.39, 0.29) is 34.2 Å². The zero-order valence-corrected chi connectivity index (χ0v) is 12.0. The molecule has 0 aromatic rings. The molecule has 2 heterocycles. The number of esters is 1. The van der Waals surface area contributed by atoms with Crippen LogP contribution in [0.15, 0.2) is 9.81 Å². The molecule has 0 aliphatic carbocycles. The zero-order chi connectivity index (χ0) is 13.3. The van der Waals surface area contributed by atoms with Gasteiger partial charge in [0.25, 0.3) is 0 Å². The smallest absolute Gasteiger partial charge is 0.350 e. The van der Waals surface area contributed by atoms with Crippen molar-refractivity contribution in [1.29, 1.82) is 5.26 Å². The molecule has 98 valence electrons. The van der Waals surface area contributed by atoms with Gasteiger partial charge < -0.3 is 4.74 Å². The SMILES string of the molecule is CCOC(=O)C(C#N)=C1S[C@H]2CS(=O)(=O)C[C@@H]2S1. The first-order valence-corrected chi connectivity index (χ1v) is 8.90. The number of sulfone groups is 1. The Morgan fingerprint density at radius 2 is 2.00 bits per heavy atom. The Kier molecular flexibility index (Phi) is 3.94. The largest absolute Gasteiger partial charge is 0.462 e. The minimum absolute atomic E-state index is 0.00125. The van der Waals surface area contributed by atoms with Crippen molar-refractivity contribution in [3.63, 3.8) is 0 Å². The predicted molar refractivity (Wildman–Crippen MR) is 70.7 cm³/mol. The van der Waals surface area contributed by atoms with Gasteiger partial charge >= 0.3 is 5.97 Å². The van der Waals surface area contributed by atoms with Crippen LogP contribution in [0.2, 0.25) is 0 Å². The summed E-state index contributed by atoms with van der Waals surface area (Å²) in [4.78, 5) is 11.6. The van der Waals surface area contributed by atoms with Gasteiger partial charge in [-0.15, -0.1) is 23.5 Å². The van der Waals surface area contributed by atoms with Crippen LogP contribution < -0.4 is 0 Å². The van der Waals surface area contributed by atoms with Crippen LogP contribution >= 0.6 is 23.5 Å². The molecule has 2 saturated heterocycles. The fourth-order valence-corrected chi connectivity index (χ4v) is 8.27. The molecule has 0 unspecified atom stereocenters. The maximum Gasteiger partial charge on any atom is 0.350 e. The van der Waals surface area contributed by atoms with E-state index in [1.54, 1.807) is 6.92 Å². The molecule has 0 bridgehead atoms. The van der Waals surface area contributed by atoms with Gasteiger partial charge in [0.2, 0.25) is 0 Å². The molecule has 18 heavy (non-hydrogen) atoms. The van der Waals surface area contributed by atoms with Crippen LogP contribution in [-0.2, 0) is 19.4 Å². The van der Waals surface area contributed by atoms with Gasteiger partial charge in [0.05, 0.1) is 22.3 Å². The number of thioether (sulfide) groups is 2. The maximum absolute atomic E-state index is 11.6. The van der Waals surface area contributed by atoms with Crippen LogP contribution in [0, 0.1) is 11.3 Å². The summed E-state index contributed by atoms with van der Waals surface area (Å²) in [6, 6.07) is 1.85. The van der Waals surface area contributed by atoms with Crippen LogP contribution in [0.25, 0.3) is 0 Å². The molecule has 0 aromatic heterocycles. The van der Waals surface area contributed by atoms with E-state index in [0.29, 0.717) is 4.24 Å². The quantitative estimate of drug-likeness (QED) is 0.426. The van der Waals surface area contributed by atoms with Crippen LogP contribution in [0.5, 0.6) is 0 Å². The minimum atomic E-state index is -2.96. The topological polar surface area (TPSA) is 84.2 Å². The Labute approximate surface area is 114 Å². The third kappa shape index (κ3) is 2.68. The number of hydrogen-bond acceptors (Lipinski definition) is 7. The third-order valence-electron chi connectivity index (χ3n) is 2.56. The van der Waals surface area contributed by atoms with E-state index in [2.05, 4.69) is 0 Å². The van der Waals surface area contributed by atoms with Gasteiger partial charge in [-0.05, 0) is 6.92 Å². The van der Waals surface area contributed by atoms with Gasteiger partial charge in [-0.3, -0.25) is 0 Å². The Hall–Kier alpha value is -0.650. The van der Waals surface area contributed by atoms with Gasteiger partial charge in [-0.2, -0.15) is 5.26 Å². The fraction of sp³-hybridized carbons (Fsp3) is 0.600. The minimum Gasteiger partial charge on any atom is -0.462 e. The van der Waals surface area contributed by atoms with Crippen molar-refractivity contribution < 1.29 is 17.9 Å². The highest BCUT2D eigenvalue weighted by Gasteiger charge is 2.45. The van der Waals surface area contributed by atoms with Crippen LogP contribution in [-0.4, -0.2) is 43.0 Å². The summed E-state index contributed by atoms with van der Waals surface area (Å²) < 4.78 is 28.3. The Morgan fingerprint density at radius 1 is 1.44 bits per heavy atom. The molecule has 0 aromatic carbocycles. The van der Waals surface area contributed by atoms with Gasteiger partial charge in [-0.1, -0.05) is 0 Å². The number of carbonyl (C=O) groups excluding carboxylic acids is 1. The summed E-state index contributed by atoms with van der Waals surface area (Å²) in [6.07, 6.45) is 0. The van der Waals surface area contributed by atoms with Crippen molar-refractivity contribution in [1.82, 2.24) is 0 Å². The van der Waals surface area contributed by atoms with Crippen molar-refractivity contribution in [3.05, 3.63) is 9.81 Å². The van der Waals surface area contributed by atoms with Crippen LogP contribution in [0.1, 0.15) is 6.92 Å². The molecule has 2 aliphatic heterocycles. The molecule has 0 spiro atoms. The van der Waals surface area contributed by atoms with E-state index in [0.717, 1.165) is 0 Å². The molecule has 2 aliphatic rings. The monoisotopic (exact) mass is 305 g/mol. The first kappa shape index (κ1) is 13.8. The lowest BCUT2D eigenvalue weighted by Crippen LogP contribution is -2.10. The number of nitrogens with zero attached hydrogens (tertiary/aromatic N) is 1. The van der Waals surface area contributed by atoms with Gasteiger partial charge in [0.15, 0.2) is 15.4 Å². The average Bonchev–Trinajstić information content (AvgIpc) is 2.72. The zero-order valence-electron chi connectivity index (χ0n) is 9.58. The molecule has 5 nitrogen and oxygen atoms in total. The Morgan fingerprint density at radius 3 is 2.44 bits per heavy atom. The number of rotatable bonds is 2. The molecular weight excluding hydrogens is 294 g/mol. The van der Waals surface area contributed by atoms with Crippen molar-refractivity contribution in [2.45, 2.75) is 17.4 Å².